The van der Waals surface area contributed by atoms with E-state index < -0.39 is 21.7 Å². The van der Waals surface area contributed by atoms with E-state index in [-0.39, 0.29) is 0 Å². The van der Waals surface area contributed by atoms with E-state index in [2.05, 4.69) is 241 Å². The van der Waals surface area contributed by atoms with Crippen LogP contribution in [-0.4, -0.2) is 39.9 Å². The third-order valence-corrected chi connectivity index (χ3v) is 19.0. The number of aromatic nitrogens is 8. The van der Waals surface area contributed by atoms with Gasteiger partial charge in [0.2, 0.25) is 0 Å². The first-order chi connectivity index (χ1) is 36.6. The van der Waals surface area contributed by atoms with Crippen LogP contribution in [-0.2, 0) is 21.7 Å². The van der Waals surface area contributed by atoms with Crippen LogP contribution < -0.4 is 0 Å². The molecule has 1 aliphatic heterocycles. The Kier molecular flexibility index (Phi) is 7.65. The molecule has 368 valence electrons. The van der Waals surface area contributed by atoms with Gasteiger partial charge in [-0.25, -0.2) is 0 Å². The first-order valence-electron chi connectivity index (χ1n) is 26.9. The van der Waals surface area contributed by atoms with Gasteiger partial charge in [0.05, 0.1) is 44.1 Å². The summed E-state index contributed by atoms with van der Waals surface area (Å²) in [7, 11) is 0. The van der Waals surface area contributed by atoms with Crippen molar-refractivity contribution < 1.29 is 0 Å². The molecule has 8 nitrogen and oxygen atoms in total. The number of hydrogen-bond acceptors (Lipinski definition) is 0. The third-order valence-electron chi connectivity index (χ3n) is 19.0. The first-order valence-corrected chi connectivity index (χ1v) is 26.9. The number of benzene rings is 8. The van der Waals surface area contributed by atoms with Gasteiger partial charge in [-0.2, -0.15) is 0 Å². The maximum absolute atomic E-state index is 4.07. The standard InChI is InChI=1S/C68H56N8/c1-65(2)49-25-41-33-17-9-11-19-35(33)43-27-51(71-59(43)57(41)69-49)66(3,4)53-29-45-37-21-13-15-23-39(37)47-31-55(75-63(47)61(45)73-53)68(7,8)56-32-48-40-24-16-14-22-38(40)46-30-54(74-62(46)64(48)76-56)67(5,6)52-28-44-36-20-12-10-18-34(36)42-26-50(65)70-58(42)60(44)72-52/h9-32,69-76H,1-8H3. The van der Waals surface area contributed by atoms with Crippen molar-refractivity contribution in [3.8, 4) is 0 Å². The molecule has 1 aliphatic rings. The molecule has 0 amide bonds. The molecule has 0 atom stereocenters. The van der Waals surface area contributed by atoms with Gasteiger partial charge >= 0.3 is 0 Å². The monoisotopic (exact) mass is 984 g/mol. The second kappa shape index (κ2) is 13.7. The largest absolute Gasteiger partial charge is 0.356 e. The van der Waals surface area contributed by atoms with Crippen molar-refractivity contribution in [3.63, 3.8) is 0 Å². The summed E-state index contributed by atoms with van der Waals surface area (Å²) in [6.07, 6.45) is 0. The minimum Gasteiger partial charge on any atom is -0.356 e. The second-order valence-electron chi connectivity index (χ2n) is 24.5. The second-order valence-corrected chi connectivity index (χ2v) is 24.5. The van der Waals surface area contributed by atoms with Crippen LogP contribution in [0.2, 0.25) is 0 Å². The average Bonchev–Trinajstić information content (AvgIpc) is 4.41. The Morgan fingerprint density at radius 1 is 0.184 bits per heavy atom. The molecule has 16 aromatic rings. The Balaban J connectivity index is 0.977. The Bertz CT molecular complexity index is 4270. The van der Waals surface area contributed by atoms with Gasteiger partial charge < -0.3 is 39.9 Å². The lowest BCUT2D eigenvalue weighted by molar-refractivity contribution is 0.604. The fraction of sp³-hybridized carbons (Fsp3) is 0.176. The molecule has 0 unspecified atom stereocenters. The molecule has 8 aromatic heterocycles. The van der Waals surface area contributed by atoms with Crippen molar-refractivity contribution in [2.45, 2.75) is 77.0 Å². The quantitative estimate of drug-likeness (QED) is 0.0737. The molecule has 0 radical (unpaired) electrons. The number of rotatable bonds is 0. The molecule has 76 heavy (non-hydrogen) atoms. The van der Waals surface area contributed by atoms with E-state index in [0.29, 0.717) is 0 Å². The highest BCUT2D eigenvalue weighted by molar-refractivity contribution is 6.27. The SMILES string of the molecule is CC1(C)c2cc3c4ccccc4c4cc([nH]c4c3[nH]2)C(C)(C)c2cc3c4ccccc4c4cc([nH]c4c3[nH]2)C(C)(C)c2cc3c4ccccc4c4cc([nH]c4c3[nH]2)C(C)(C)c2cc3c4ccccc4c4cc1[nH]c4c3[nH]2. The average molecular weight is 985 g/mol. The van der Waals surface area contributed by atoms with Gasteiger partial charge in [0.1, 0.15) is 0 Å². The predicted molar refractivity (Wildman–Crippen MR) is 319 cm³/mol. The Labute approximate surface area is 436 Å². The molecule has 17 rings (SSSR count). The van der Waals surface area contributed by atoms with E-state index in [1.54, 1.807) is 0 Å². The highest BCUT2D eigenvalue weighted by Gasteiger charge is 2.35. The van der Waals surface area contributed by atoms with E-state index in [1.807, 2.05) is 0 Å². The lowest BCUT2D eigenvalue weighted by atomic mass is 9.85. The molecular formula is C68H56N8. The van der Waals surface area contributed by atoms with Crippen molar-refractivity contribution in [1.82, 2.24) is 39.9 Å². The fourth-order valence-corrected chi connectivity index (χ4v) is 14.0. The van der Waals surface area contributed by atoms with Gasteiger partial charge in [-0.05, 0) is 147 Å². The van der Waals surface area contributed by atoms with Gasteiger partial charge in [0, 0.05) is 110 Å². The van der Waals surface area contributed by atoms with Gasteiger partial charge in [-0.1, -0.05) is 97.1 Å². The van der Waals surface area contributed by atoms with Gasteiger partial charge in [-0.15, -0.1) is 0 Å². The minimum atomic E-state index is -0.424. The van der Waals surface area contributed by atoms with Crippen molar-refractivity contribution in [3.05, 3.63) is 191 Å². The first kappa shape index (κ1) is 42.5. The number of aromatic amines is 8. The summed E-state index contributed by atoms with van der Waals surface area (Å²) in [4.78, 5) is 32.5. The van der Waals surface area contributed by atoms with Crippen LogP contribution in [0.5, 0.6) is 0 Å². The summed E-state index contributed by atoms with van der Waals surface area (Å²) < 4.78 is 0. The molecule has 0 aliphatic carbocycles. The predicted octanol–water partition coefficient (Wildman–Crippen LogP) is 17.8. The molecule has 8 N–H and O–H groups in total. The van der Waals surface area contributed by atoms with Gasteiger partial charge in [-0.3, -0.25) is 0 Å². The van der Waals surface area contributed by atoms with E-state index in [4.69, 9.17) is 0 Å². The third kappa shape index (κ3) is 5.19. The van der Waals surface area contributed by atoms with E-state index in [1.165, 1.54) is 86.2 Å². The lowest BCUT2D eigenvalue weighted by Gasteiger charge is -2.23. The van der Waals surface area contributed by atoms with E-state index in [9.17, 15) is 0 Å². The topological polar surface area (TPSA) is 126 Å². The molecule has 0 fully saturated rings. The molecular weight excluding hydrogens is 929 g/mol. The van der Waals surface area contributed by atoms with Crippen molar-refractivity contribution in [2.24, 2.45) is 0 Å². The van der Waals surface area contributed by atoms with Gasteiger partial charge in [0.25, 0.3) is 0 Å². The van der Waals surface area contributed by atoms with Crippen LogP contribution >= 0.6 is 0 Å². The zero-order chi connectivity index (χ0) is 51.1. The Morgan fingerprint density at radius 2 is 0.303 bits per heavy atom. The molecule has 0 saturated heterocycles. The fourth-order valence-electron chi connectivity index (χ4n) is 14.0. The van der Waals surface area contributed by atoms with Crippen LogP contribution in [0.1, 0.15) is 101 Å². The highest BCUT2D eigenvalue weighted by atomic mass is 14.9. The summed E-state index contributed by atoms with van der Waals surface area (Å²) in [5.74, 6) is 0. The van der Waals surface area contributed by atoms with Crippen molar-refractivity contribution >= 4 is 130 Å². The molecule has 0 spiro atoms. The van der Waals surface area contributed by atoms with Crippen LogP contribution in [0.4, 0.5) is 0 Å². The summed E-state index contributed by atoms with van der Waals surface area (Å²) in [6.45, 7) is 18.8. The van der Waals surface area contributed by atoms with Crippen molar-refractivity contribution in [2.75, 3.05) is 0 Å². The molecule has 16 bridgehead atoms. The Hall–Kier alpha value is -8.88. The minimum absolute atomic E-state index is 0.424. The van der Waals surface area contributed by atoms with Crippen LogP contribution in [0, 0.1) is 0 Å². The van der Waals surface area contributed by atoms with E-state index >= 15 is 0 Å². The number of nitrogens with one attached hydrogen (secondary N) is 8. The van der Waals surface area contributed by atoms with Crippen LogP contribution in [0.25, 0.3) is 130 Å². The van der Waals surface area contributed by atoms with E-state index in [0.717, 1.165) is 89.7 Å². The summed E-state index contributed by atoms with van der Waals surface area (Å²) in [6, 6.07) is 54.9. The number of hydrogen-bond donors (Lipinski definition) is 8. The maximum atomic E-state index is 4.07. The summed E-state index contributed by atoms with van der Waals surface area (Å²) in [5.41, 5.74) is 16.5. The number of fused-ring (bicyclic) bond motifs is 20. The van der Waals surface area contributed by atoms with Gasteiger partial charge in [0.15, 0.2) is 0 Å². The summed E-state index contributed by atoms with van der Waals surface area (Å²) >= 11 is 0. The zero-order valence-corrected chi connectivity index (χ0v) is 43.9. The molecule has 8 heteroatoms. The highest BCUT2D eigenvalue weighted by Crippen LogP contribution is 2.48. The van der Waals surface area contributed by atoms with Crippen molar-refractivity contribution in [1.29, 1.82) is 0 Å². The van der Waals surface area contributed by atoms with Crippen LogP contribution in [0.15, 0.2) is 146 Å². The molecule has 8 aromatic carbocycles. The maximum Gasteiger partial charge on any atom is 0.0708 e. The van der Waals surface area contributed by atoms with Crippen LogP contribution in [0.3, 0.4) is 0 Å². The zero-order valence-electron chi connectivity index (χ0n) is 43.9. The lowest BCUT2D eigenvalue weighted by Crippen LogP contribution is -2.20. The Morgan fingerprint density at radius 3 is 0.421 bits per heavy atom. The normalized spacial score (nSPS) is 16.3. The molecule has 0 saturated carbocycles. The number of H-pyrrole nitrogens is 8. The smallest absolute Gasteiger partial charge is 0.0708 e. The summed E-state index contributed by atoms with van der Waals surface area (Å²) in [5, 5.41) is 19.7. The molecule has 9 heterocycles.